The van der Waals surface area contributed by atoms with Gasteiger partial charge in [0.25, 0.3) is 0 Å². The Labute approximate surface area is 110 Å². The molecule has 0 aromatic rings. The molecule has 18 heavy (non-hydrogen) atoms. The van der Waals surface area contributed by atoms with Crippen molar-refractivity contribution < 1.29 is 9.53 Å². The maximum absolute atomic E-state index is 11.8. The molecule has 104 valence electrons. The average Bonchev–Trinajstić information content (AvgIpc) is 2.41. The SMILES string of the molecule is O=C(CC1CCCNC1)NCCC1CCCCO1. The van der Waals surface area contributed by atoms with Crippen molar-refractivity contribution in [2.45, 2.75) is 51.0 Å². The molecule has 0 aromatic heterocycles. The van der Waals surface area contributed by atoms with Crippen molar-refractivity contribution in [2.24, 2.45) is 5.92 Å². The van der Waals surface area contributed by atoms with Crippen LogP contribution >= 0.6 is 0 Å². The highest BCUT2D eigenvalue weighted by molar-refractivity contribution is 5.76. The zero-order valence-corrected chi connectivity index (χ0v) is 11.2. The lowest BCUT2D eigenvalue weighted by atomic mass is 9.96. The Hall–Kier alpha value is -0.610. The average molecular weight is 254 g/mol. The summed E-state index contributed by atoms with van der Waals surface area (Å²) < 4.78 is 5.65. The summed E-state index contributed by atoms with van der Waals surface area (Å²) in [6.07, 6.45) is 8.02. The number of ether oxygens (including phenoxy) is 1. The van der Waals surface area contributed by atoms with Crippen molar-refractivity contribution >= 4 is 5.91 Å². The first kappa shape index (κ1) is 13.8. The molecule has 0 bridgehead atoms. The molecule has 0 spiro atoms. The molecule has 2 heterocycles. The summed E-state index contributed by atoms with van der Waals surface area (Å²) in [5.74, 6) is 0.740. The van der Waals surface area contributed by atoms with Crippen LogP contribution in [-0.4, -0.2) is 38.3 Å². The largest absolute Gasteiger partial charge is 0.378 e. The number of carbonyl (C=O) groups excluding carboxylic acids is 1. The molecule has 2 aliphatic rings. The molecule has 4 heteroatoms. The van der Waals surface area contributed by atoms with Gasteiger partial charge in [0.15, 0.2) is 0 Å². The third-order valence-electron chi connectivity index (χ3n) is 3.94. The monoisotopic (exact) mass is 254 g/mol. The van der Waals surface area contributed by atoms with E-state index in [0.29, 0.717) is 18.4 Å². The summed E-state index contributed by atoms with van der Waals surface area (Å²) in [5, 5.41) is 6.38. The maximum atomic E-state index is 11.8. The molecule has 2 aliphatic heterocycles. The molecule has 2 fully saturated rings. The van der Waals surface area contributed by atoms with Crippen LogP contribution in [0.5, 0.6) is 0 Å². The lowest BCUT2D eigenvalue weighted by Gasteiger charge is -2.24. The van der Waals surface area contributed by atoms with E-state index < -0.39 is 0 Å². The van der Waals surface area contributed by atoms with E-state index in [0.717, 1.165) is 39.1 Å². The summed E-state index contributed by atoms with van der Waals surface area (Å²) in [6.45, 7) is 3.77. The predicted octanol–water partition coefficient (Wildman–Crippen LogP) is 1.45. The quantitative estimate of drug-likeness (QED) is 0.781. The van der Waals surface area contributed by atoms with E-state index in [1.54, 1.807) is 0 Å². The number of carbonyl (C=O) groups is 1. The third-order valence-corrected chi connectivity index (χ3v) is 3.94. The van der Waals surface area contributed by atoms with Crippen LogP contribution in [0.25, 0.3) is 0 Å². The van der Waals surface area contributed by atoms with E-state index >= 15 is 0 Å². The lowest BCUT2D eigenvalue weighted by molar-refractivity contribution is -0.122. The molecule has 2 rings (SSSR count). The van der Waals surface area contributed by atoms with Crippen LogP contribution in [0.1, 0.15) is 44.9 Å². The highest BCUT2D eigenvalue weighted by Crippen LogP contribution is 2.15. The second kappa shape index (κ2) is 7.74. The first-order chi connectivity index (χ1) is 8.84. The van der Waals surface area contributed by atoms with E-state index in [-0.39, 0.29) is 5.91 Å². The van der Waals surface area contributed by atoms with E-state index in [1.165, 1.54) is 25.7 Å². The number of hydrogen-bond donors (Lipinski definition) is 2. The minimum atomic E-state index is 0.208. The van der Waals surface area contributed by atoms with Crippen LogP contribution in [0, 0.1) is 5.92 Å². The highest BCUT2D eigenvalue weighted by atomic mass is 16.5. The normalized spacial score (nSPS) is 28.9. The molecule has 2 saturated heterocycles. The lowest BCUT2D eigenvalue weighted by Crippen LogP contribution is -2.35. The summed E-state index contributed by atoms with van der Waals surface area (Å²) in [6, 6.07) is 0. The minimum Gasteiger partial charge on any atom is -0.378 e. The van der Waals surface area contributed by atoms with Crippen LogP contribution in [0.3, 0.4) is 0 Å². The number of nitrogens with one attached hydrogen (secondary N) is 2. The molecule has 0 radical (unpaired) electrons. The molecule has 0 aliphatic carbocycles. The number of hydrogen-bond acceptors (Lipinski definition) is 3. The maximum Gasteiger partial charge on any atom is 0.220 e. The number of piperidine rings is 1. The molecular formula is C14H26N2O2. The zero-order valence-electron chi connectivity index (χ0n) is 11.2. The van der Waals surface area contributed by atoms with Gasteiger partial charge in [-0.3, -0.25) is 4.79 Å². The summed E-state index contributed by atoms with van der Waals surface area (Å²) in [4.78, 5) is 11.8. The van der Waals surface area contributed by atoms with E-state index in [1.807, 2.05) is 0 Å². The third kappa shape index (κ3) is 4.94. The predicted molar refractivity (Wildman–Crippen MR) is 71.4 cm³/mol. The molecule has 0 saturated carbocycles. The summed E-state index contributed by atoms with van der Waals surface area (Å²) in [5.41, 5.74) is 0. The Kier molecular flexibility index (Phi) is 5.94. The van der Waals surface area contributed by atoms with Gasteiger partial charge >= 0.3 is 0 Å². The fourth-order valence-corrected chi connectivity index (χ4v) is 2.84. The summed E-state index contributed by atoms with van der Waals surface area (Å²) in [7, 11) is 0. The van der Waals surface area contributed by atoms with E-state index in [9.17, 15) is 4.79 Å². The molecule has 2 atom stereocenters. The molecule has 2 N–H and O–H groups in total. The van der Waals surface area contributed by atoms with Crippen LogP contribution in [0.4, 0.5) is 0 Å². The van der Waals surface area contributed by atoms with Gasteiger partial charge in [-0.1, -0.05) is 0 Å². The Balaban J connectivity index is 1.53. The van der Waals surface area contributed by atoms with Crippen molar-refractivity contribution in [1.82, 2.24) is 10.6 Å². The fourth-order valence-electron chi connectivity index (χ4n) is 2.84. The van der Waals surface area contributed by atoms with Crippen LogP contribution in [0.2, 0.25) is 0 Å². The molecule has 0 aromatic carbocycles. The van der Waals surface area contributed by atoms with Crippen LogP contribution in [-0.2, 0) is 9.53 Å². The second-order valence-corrected chi connectivity index (χ2v) is 5.54. The first-order valence-corrected chi connectivity index (χ1v) is 7.43. The van der Waals surface area contributed by atoms with Crippen molar-refractivity contribution in [3.63, 3.8) is 0 Å². The van der Waals surface area contributed by atoms with Crippen molar-refractivity contribution in [3.8, 4) is 0 Å². The summed E-state index contributed by atoms with van der Waals surface area (Å²) >= 11 is 0. The van der Waals surface area contributed by atoms with Gasteiger partial charge in [-0.2, -0.15) is 0 Å². The number of rotatable bonds is 5. The molecule has 1 amide bonds. The Morgan fingerprint density at radius 1 is 1.28 bits per heavy atom. The topological polar surface area (TPSA) is 50.4 Å². The number of amides is 1. The van der Waals surface area contributed by atoms with Gasteiger partial charge in [-0.15, -0.1) is 0 Å². The van der Waals surface area contributed by atoms with Gasteiger partial charge in [-0.25, -0.2) is 0 Å². The van der Waals surface area contributed by atoms with Crippen molar-refractivity contribution in [3.05, 3.63) is 0 Å². The fraction of sp³-hybridized carbons (Fsp3) is 0.929. The van der Waals surface area contributed by atoms with Gasteiger partial charge < -0.3 is 15.4 Å². The first-order valence-electron chi connectivity index (χ1n) is 7.43. The van der Waals surface area contributed by atoms with Crippen LogP contribution < -0.4 is 10.6 Å². The Bertz CT molecular complexity index is 246. The molecular weight excluding hydrogens is 228 g/mol. The van der Waals surface area contributed by atoms with Gasteiger partial charge in [-0.05, 0) is 57.5 Å². The highest BCUT2D eigenvalue weighted by Gasteiger charge is 2.17. The second-order valence-electron chi connectivity index (χ2n) is 5.54. The Morgan fingerprint density at radius 3 is 2.94 bits per heavy atom. The molecule has 4 nitrogen and oxygen atoms in total. The molecule has 2 unspecified atom stereocenters. The van der Waals surface area contributed by atoms with Crippen LogP contribution in [0.15, 0.2) is 0 Å². The van der Waals surface area contributed by atoms with Crippen molar-refractivity contribution in [2.75, 3.05) is 26.2 Å². The van der Waals surface area contributed by atoms with E-state index in [4.69, 9.17) is 4.74 Å². The van der Waals surface area contributed by atoms with Gasteiger partial charge in [0.2, 0.25) is 5.91 Å². The van der Waals surface area contributed by atoms with Gasteiger partial charge in [0.05, 0.1) is 6.10 Å². The van der Waals surface area contributed by atoms with Gasteiger partial charge in [0, 0.05) is 19.6 Å². The smallest absolute Gasteiger partial charge is 0.220 e. The standard InChI is InChI=1S/C14H26N2O2/c17-14(10-12-4-3-7-15-11-12)16-8-6-13-5-1-2-9-18-13/h12-13,15H,1-11H2,(H,16,17). The Morgan fingerprint density at radius 2 is 2.22 bits per heavy atom. The van der Waals surface area contributed by atoms with E-state index in [2.05, 4.69) is 10.6 Å². The zero-order chi connectivity index (χ0) is 12.6. The van der Waals surface area contributed by atoms with Gasteiger partial charge in [0.1, 0.15) is 0 Å². The van der Waals surface area contributed by atoms with Crippen molar-refractivity contribution in [1.29, 1.82) is 0 Å². The minimum absolute atomic E-state index is 0.208.